The molecule has 39 heavy (non-hydrogen) atoms. The number of ether oxygens (including phenoxy) is 1. The van der Waals surface area contributed by atoms with E-state index in [1.165, 1.54) is 30.0 Å². The zero-order valence-electron chi connectivity index (χ0n) is 23.4. The number of fused-ring (bicyclic) bond motifs is 1. The molecule has 1 fully saturated rings. The summed E-state index contributed by atoms with van der Waals surface area (Å²) in [6, 6.07) is 4.88. The summed E-state index contributed by atoms with van der Waals surface area (Å²) in [5.41, 5.74) is 4.66. The van der Waals surface area contributed by atoms with E-state index in [-0.39, 0.29) is 23.1 Å². The normalized spacial score (nSPS) is 24.7. The molecule has 0 radical (unpaired) electrons. The van der Waals surface area contributed by atoms with E-state index >= 15 is 8.78 Å². The number of nitrogens with two attached hydrogens (primary N) is 1. The Hall–Kier alpha value is -2.30. The van der Waals surface area contributed by atoms with E-state index in [9.17, 15) is 9.90 Å². The third-order valence-electron chi connectivity index (χ3n) is 7.27. The van der Waals surface area contributed by atoms with Crippen LogP contribution in [0.4, 0.5) is 19.3 Å². The SMILES string of the molecule is C[Si](C)(C)CCOCN(C(=O)O)C1=N[C@](CF)(c2cc(N)ccc2F)[C@H]2C[C@@]2(Cn2cc([Si](C)(C)C)nn2)S1. The molecule has 0 spiro atoms. The maximum absolute atomic E-state index is 15.2. The van der Waals surface area contributed by atoms with Crippen LogP contribution in [0.1, 0.15) is 12.0 Å². The number of carboxylic acid groups (broad SMARTS) is 1. The van der Waals surface area contributed by atoms with Crippen molar-refractivity contribution in [2.45, 2.75) is 68.6 Å². The molecule has 2 aliphatic rings. The predicted molar refractivity (Wildman–Crippen MR) is 156 cm³/mol. The molecule has 0 unspecified atom stereocenters. The number of thioether (sulfide) groups is 1. The number of amidine groups is 1. The minimum absolute atomic E-state index is 0.0287. The number of hydrogen-bond donors (Lipinski definition) is 2. The number of aliphatic imine (C=N–C) groups is 1. The molecule has 14 heteroatoms. The number of aromatic nitrogens is 3. The summed E-state index contributed by atoms with van der Waals surface area (Å²) < 4.78 is 37.3. The number of nitrogens with zero attached hydrogens (tertiary/aromatic N) is 5. The largest absolute Gasteiger partial charge is 0.465 e. The molecule has 214 valence electrons. The van der Waals surface area contributed by atoms with Gasteiger partial charge in [0.1, 0.15) is 32.8 Å². The molecule has 1 aliphatic carbocycles. The van der Waals surface area contributed by atoms with Crippen LogP contribution in [0, 0.1) is 11.7 Å². The van der Waals surface area contributed by atoms with Gasteiger partial charge in [0, 0.05) is 42.8 Å². The zero-order chi connectivity index (χ0) is 28.8. The number of nitrogen functional groups attached to an aromatic ring is 1. The van der Waals surface area contributed by atoms with Gasteiger partial charge in [-0.3, -0.25) is 4.68 Å². The Kier molecular flexibility index (Phi) is 8.06. The van der Waals surface area contributed by atoms with Crippen molar-refractivity contribution >= 4 is 50.2 Å². The van der Waals surface area contributed by atoms with Gasteiger partial charge < -0.3 is 15.6 Å². The van der Waals surface area contributed by atoms with E-state index in [2.05, 4.69) is 54.6 Å². The van der Waals surface area contributed by atoms with Gasteiger partial charge in [0.25, 0.3) is 0 Å². The number of carbonyl (C=O) groups is 1. The fourth-order valence-corrected chi connectivity index (χ4v) is 8.05. The van der Waals surface area contributed by atoms with Crippen molar-refractivity contribution in [2.75, 3.05) is 25.7 Å². The van der Waals surface area contributed by atoms with Crippen LogP contribution in [0.2, 0.25) is 45.3 Å². The highest BCUT2D eigenvalue weighted by Crippen LogP contribution is 2.67. The molecule has 0 saturated heterocycles. The summed E-state index contributed by atoms with van der Waals surface area (Å²) in [5.74, 6) is -1.03. The average molecular weight is 597 g/mol. The maximum Gasteiger partial charge on any atom is 0.415 e. The Bertz CT molecular complexity index is 1270. The van der Waals surface area contributed by atoms with Crippen molar-refractivity contribution < 1.29 is 23.4 Å². The Morgan fingerprint density at radius 2 is 2.03 bits per heavy atom. The van der Waals surface area contributed by atoms with Crippen molar-refractivity contribution in [3.63, 3.8) is 0 Å². The van der Waals surface area contributed by atoms with Gasteiger partial charge in [-0.1, -0.05) is 56.3 Å². The lowest BCUT2D eigenvalue weighted by atomic mass is 9.84. The van der Waals surface area contributed by atoms with Crippen LogP contribution in [-0.2, 0) is 16.8 Å². The highest BCUT2D eigenvalue weighted by Gasteiger charge is 2.69. The van der Waals surface area contributed by atoms with Crippen LogP contribution in [0.25, 0.3) is 0 Å². The van der Waals surface area contributed by atoms with E-state index in [0.29, 0.717) is 19.6 Å². The Balaban J connectivity index is 1.73. The Labute approximate surface area is 234 Å². The number of hydrogen-bond acceptors (Lipinski definition) is 7. The molecular weight excluding hydrogens is 559 g/mol. The van der Waals surface area contributed by atoms with Crippen LogP contribution in [0.3, 0.4) is 0 Å². The molecule has 3 N–H and O–H groups in total. The van der Waals surface area contributed by atoms with Gasteiger partial charge in [-0.2, -0.15) is 0 Å². The van der Waals surface area contributed by atoms with Gasteiger partial charge in [-0.15, -0.1) is 5.10 Å². The fourth-order valence-electron chi connectivity index (χ4n) is 4.82. The first-order valence-electron chi connectivity index (χ1n) is 13.0. The second-order valence-corrected chi connectivity index (χ2v) is 24.7. The molecule has 3 atom stereocenters. The van der Waals surface area contributed by atoms with E-state index < -0.39 is 50.9 Å². The molecular formula is C25H38F2N6O3SSi2. The fraction of sp³-hybridized carbons (Fsp3) is 0.600. The molecule has 0 bridgehead atoms. The molecule has 2 aromatic rings. The number of alkyl halides is 1. The first-order chi connectivity index (χ1) is 18.1. The third kappa shape index (κ3) is 6.23. The van der Waals surface area contributed by atoms with Gasteiger partial charge in [0.05, 0.1) is 11.9 Å². The highest BCUT2D eigenvalue weighted by atomic mass is 32.2. The van der Waals surface area contributed by atoms with E-state index in [1.54, 1.807) is 4.68 Å². The van der Waals surface area contributed by atoms with Crippen molar-refractivity contribution in [2.24, 2.45) is 10.9 Å². The maximum atomic E-state index is 15.2. The summed E-state index contributed by atoms with van der Waals surface area (Å²) in [7, 11) is -3.11. The Morgan fingerprint density at radius 3 is 2.62 bits per heavy atom. The zero-order valence-corrected chi connectivity index (χ0v) is 26.2. The summed E-state index contributed by atoms with van der Waals surface area (Å²) in [5, 5.41) is 19.8. The summed E-state index contributed by atoms with van der Waals surface area (Å²) in [6.07, 6.45) is 1.13. The Morgan fingerprint density at radius 1 is 1.31 bits per heavy atom. The highest BCUT2D eigenvalue weighted by molar-refractivity contribution is 8.15. The van der Waals surface area contributed by atoms with Crippen LogP contribution < -0.4 is 11.1 Å². The van der Waals surface area contributed by atoms with Gasteiger partial charge in [-0.05, 0) is 30.7 Å². The van der Waals surface area contributed by atoms with Gasteiger partial charge in [-0.25, -0.2) is 23.5 Å². The minimum Gasteiger partial charge on any atom is -0.465 e. The topological polar surface area (TPSA) is 119 Å². The quantitative estimate of drug-likeness (QED) is 0.179. The molecule has 1 saturated carbocycles. The molecule has 4 rings (SSSR count). The van der Waals surface area contributed by atoms with Crippen molar-refractivity contribution in [3.05, 3.63) is 35.8 Å². The van der Waals surface area contributed by atoms with Gasteiger partial charge in [0.15, 0.2) is 5.17 Å². The lowest BCUT2D eigenvalue weighted by molar-refractivity contribution is 0.0699. The van der Waals surface area contributed by atoms with E-state index in [0.717, 1.165) is 16.3 Å². The van der Waals surface area contributed by atoms with Gasteiger partial charge in [0.2, 0.25) is 0 Å². The molecule has 1 aromatic carbocycles. The standard InChI is InChI=1S/C25H38F2N6O3SSi2/c1-38(2,3)10-9-36-16-33(23(34)35)22-29-25(14-26,18-11-17(28)7-8-19(18)27)20-12-24(20,37-22)15-32-13-21(30-31-32)39(4,5)6/h7-8,11,13,20H,9-10,12,14-16,28H2,1-6H3,(H,34,35)/t20-,24-,25+/m0/s1. The molecule has 2 heterocycles. The minimum atomic E-state index is -1.72. The second kappa shape index (κ2) is 10.6. The van der Waals surface area contributed by atoms with E-state index in [1.807, 2.05) is 6.20 Å². The lowest BCUT2D eigenvalue weighted by Crippen LogP contribution is -2.46. The van der Waals surface area contributed by atoms with Gasteiger partial charge >= 0.3 is 6.09 Å². The number of benzene rings is 1. The number of anilines is 1. The summed E-state index contributed by atoms with van der Waals surface area (Å²) in [4.78, 5) is 18.0. The first-order valence-corrected chi connectivity index (χ1v) is 21.0. The monoisotopic (exact) mass is 596 g/mol. The van der Waals surface area contributed by atoms with Crippen molar-refractivity contribution in [1.29, 1.82) is 0 Å². The number of amides is 1. The van der Waals surface area contributed by atoms with Crippen molar-refractivity contribution in [3.8, 4) is 0 Å². The lowest BCUT2D eigenvalue weighted by Gasteiger charge is -2.38. The molecule has 1 aliphatic heterocycles. The van der Waals surface area contributed by atoms with Crippen LogP contribution in [0.5, 0.6) is 0 Å². The van der Waals surface area contributed by atoms with Crippen LogP contribution in [-0.4, -0.2) is 77.2 Å². The van der Waals surface area contributed by atoms with E-state index in [4.69, 9.17) is 10.5 Å². The van der Waals surface area contributed by atoms with Crippen LogP contribution in [0.15, 0.2) is 29.4 Å². The number of halogens is 2. The summed E-state index contributed by atoms with van der Waals surface area (Å²) >= 11 is 1.27. The summed E-state index contributed by atoms with van der Waals surface area (Å²) in [6.45, 7) is 12.6. The first kappa shape index (κ1) is 29.7. The molecule has 1 amide bonds. The average Bonchev–Trinajstić information content (AvgIpc) is 3.34. The van der Waals surface area contributed by atoms with Crippen LogP contribution >= 0.6 is 11.8 Å². The predicted octanol–water partition coefficient (Wildman–Crippen LogP) is 4.56. The molecule has 1 aromatic heterocycles. The van der Waals surface area contributed by atoms with Crippen molar-refractivity contribution in [1.82, 2.24) is 19.9 Å². The second-order valence-electron chi connectivity index (χ2n) is 12.7. The smallest absolute Gasteiger partial charge is 0.415 e. The number of rotatable bonds is 10. The third-order valence-corrected chi connectivity index (χ3v) is 12.2. The molecule has 9 nitrogen and oxygen atoms in total.